The Labute approximate surface area is 126 Å². The highest BCUT2D eigenvalue weighted by Gasteiger charge is 2.15. The summed E-state index contributed by atoms with van der Waals surface area (Å²) in [6.07, 6.45) is 0.0121. The summed E-state index contributed by atoms with van der Waals surface area (Å²) in [5, 5.41) is 21.0. The summed E-state index contributed by atoms with van der Waals surface area (Å²) >= 11 is 1.15. The molecule has 2 aromatic carbocycles. The average Bonchev–Trinajstić information content (AvgIpc) is 2.41. The Balaban J connectivity index is 2.26. The number of phenols is 1. The third-order valence-corrected chi connectivity index (χ3v) is 3.71. The first-order valence-electron chi connectivity index (χ1n) is 6.38. The fraction of sp³-hybridized carbons (Fsp3) is 0.200. The van der Waals surface area contributed by atoms with Crippen LogP contribution in [0.4, 0.5) is 5.69 Å². The summed E-state index contributed by atoms with van der Waals surface area (Å²) in [6.45, 7) is 3.79. The van der Waals surface area contributed by atoms with Gasteiger partial charge in [-0.2, -0.15) is 0 Å². The SMILES string of the molecule is CC(C)Oc1ccc(Sc2ccccc2[N+](=O)[O-])c(O)c1. The van der Waals surface area contributed by atoms with Gasteiger partial charge < -0.3 is 9.84 Å². The van der Waals surface area contributed by atoms with Crippen LogP contribution in [0.25, 0.3) is 0 Å². The topological polar surface area (TPSA) is 72.6 Å². The van der Waals surface area contributed by atoms with Gasteiger partial charge in [-0.25, -0.2) is 0 Å². The van der Waals surface area contributed by atoms with Gasteiger partial charge in [-0.15, -0.1) is 0 Å². The lowest BCUT2D eigenvalue weighted by Gasteiger charge is -2.11. The molecule has 0 heterocycles. The summed E-state index contributed by atoms with van der Waals surface area (Å²) in [7, 11) is 0. The van der Waals surface area contributed by atoms with E-state index in [2.05, 4.69) is 0 Å². The van der Waals surface area contributed by atoms with Gasteiger partial charge in [-0.05, 0) is 32.0 Å². The number of ether oxygens (including phenoxy) is 1. The van der Waals surface area contributed by atoms with E-state index in [1.165, 1.54) is 12.1 Å². The number of nitro groups is 1. The van der Waals surface area contributed by atoms with E-state index in [1.807, 2.05) is 13.8 Å². The normalized spacial score (nSPS) is 10.6. The van der Waals surface area contributed by atoms with Gasteiger partial charge in [0.05, 0.1) is 20.8 Å². The van der Waals surface area contributed by atoms with E-state index >= 15 is 0 Å². The number of rotatable bonds is 5. The number of benzene rings is 2. The molecule has 0 radical (unpaired) electrons. The van der Waals surface area contributed by atoms with Gasteiger partial charge in [0, 0.05) is 12.1 Å². The molecule has 0 fully saturated rings. The van der Waals surface area contributed by atoms with Crippen molar-refractivity contribution in [3.63, 3.8) is 0 Å². The monoisotopic (exact) mass is 305 g/mol. The number of nitro benzene ring substituents is 1. The number of para-hydroxylation sites is 1. The lowest BCUT2D eigenvalue weighted by Crippen LogP contribution is -2.05. The second-order valence-electron chi connectivity index (χ2n) is 4.62. The molecule has 1 N–H and O–H groups in total. The van der Waals surface area contributed by atoms with E-state index in [4.69, 9.17) is 4.74 Å². The standard InChI is InChI=1S/C15H15NO4S/c1-10(2)20-11-7-8-15(13(17)9-11)21-14-6-4-3-5-12(14)16(18)19/h3-10,17H,1-2H3. The Hall–Kier alpha value is -2.21. The molecule has 0 aliphatic heterocycles. The summed E-state index contributed by atoms with van der Waals surface area (Å²) < 4.78 is 5.48. The minimum absolute atomic E-state index is 0.0121. The highest BCUT2D eigenvalue weighted by Crippen LogP contribution is 2.40. The molecular weight excluding hydrogens is 290 g/mol. The van der Waals surface area contributed by atoms with E-state index in [9.17, 15) is 15.2 Å². The Morgan fingerprint density at radius 1 is 1.19 bits per heavy atom. The molecule has 6 heteroatoms. The van der Waals surface area contributed by atoms with Crippen LogP contribution in [0, 0.1) is 10.1 Å². The summed E-state index contributed by atoms with van der Waals surface area (Å²) in [4.78, 5) is 11.6. The van der Waals surface area contributed by atoms with Gasteiger partial charge in [0.15, 0.2) is 0 Å². The molecule has 0 unspecified atom stereocenters. The van der Waals surface area contributed by atoms with E-state index in [0.717, 1.165) is 11.8 Å². The third kappa shape index (κ3) is 3.88. The van der Waals surface area contributed by atoms with Gasteiger partial charge >= 0.3 is 0 Å². The predicted molar refractivity (Wildman–Crippen MR) is 81.1 cm³/mol. The van der Waals surface area contributed by atoms with Crippen molar-refractivity contribution in [2.24, 2.45) is 0 Å². The Bertz CT molecular complexity index is 658. The fourth-order valence-electron chi connectivity index (χ4n) is 1.74. The maximum absolute atomic E-state index is 11.0. The number of hydrogen-bond donors (Lipinski definition) is 1. The number of aromatic hydroxyl groups is 1. The fourth-order valence-corrected chi connectivity index (χ4v) is 2.67. The molecule has 0 aromatic heterocycles. The largest absolute Gasteiger partial charge is 0.507 e. The molecule has 5 nitrogen and oxygen atoms in total. The molecule has 2 rings (SSSR count). The molecule has 0 saturated heterocycles. The third-order valence-electron chi connectivity index (χ3n) is 2.58. The second kappa shape index (κ2) is 6.49. The first kappa shape index (κ1) is 15.2. The lowest BCUT2D eigenvalue weighted by molar-refractivity contribution is -0.387. The maximum atomic E-state index is 11.0. The molecule has 110 valence electrons. The summed E-state index contributed by atoms with van der Waals surface area (Å²) in [5.41, 5.74) is 0.0180. The van der Waals surface area contributed by atoms with Crippen molar-refractivity contribution in [3.05, 3.63) is 52.6 Å². The summed E-state index contributed by atoms with van der Waals surface area (Å²) in [6, 6.07) is 11.4. The number of hydrogen-bond acceptors (Lipinski definition) is 5. The minimum Gasteiger partial charge on any atom is -0.507 e. The van der Waals surface area contributed by atoms with Crippen LogP contribution in [0.3, 0.4) is 0 Å². The molecule has 0 spiro atoms. The van der Waals surface area contributed by atoms with Crippen LogP contribution in [0.1, 0.15) is 13.8 Å². The minimum atomic E-state index is -0.435. The molecule has 0 aliphatic carbocycles. The van der Waals surface area contributed by atoms with Crippen molar-refractivity contribution < 1.29 is 14.8 Å². The second-order valence-corrected chi connectivity index (χ2v) is 5.71. The molecule has 0 aliphatic rings. The smallest absolute Gasteiger partial charge is 0.283 e. The zero-order valence-electron chi connectivity index (χ0n) is 11.6. The molecule has 0 bridgehead atoms. The van der Waals surface area contributed by atoms with Crippen LogP contribution in [-0.4, -0.2) is 16.1 Å². The lowest BCUT2D eigenvalue weighted by atomic mass is 10.3. The Morgan fingerprint density at radius 3 is 2.52 bits per heavy atom. The van der Waals surface area contributed by atoms with E-state index in [1.54, 1.807) is 30.3 Å². The van der Waals surface area contributed by atoms with Crippen molar-refractivity contribution in [2.45, 2.75) is 29.7 Å². The van der Waals surface area contributed by atoms with Gasteiger partial charge in [-0.1, -0.05) is 23.9 Å². The quantitative estimate of drug-likeness (QED) is 0.660. The van der Waals surface area contributed by atoms with Gasteiger partial charge in [0.25, 0.3) is 5.69 Å². The van der Waals surface area contributed by atoms with E-state index in [-0.39, 0.29) is 17.5 Å². The first-order valence-corrected chi connectivity index (χ1v) is 7.20. The van der Waals surface area contributed by atoms with Gasteiger partial charge in [-0.3, -0.25) is 10.1 Å². The van der Waals surface area contributed by atoms with Crippen LogP contribution < -0.4 is 4.74 Å². The molecule has 21 heavy (non-hydrogen) atoms. The molecular formula is C15H15NO4S. The van der Waals surface area contributed by atoms with Crippen LogP contribution in [-0.2, 0) is 0 Å². The zero-order valence-corrected chi connectivity index (χ0v) is 12.5. The molecule has 2 aromatic rings. The highest BCUT2D eigenvalue weighted by atomic mass is 32.2. The summed E-state index contributed by atoms with van der Waals surface area (Å²) in [5.74, 6) is 0.603. The Kier molecular flexibility index (Phi) is 4.70. The zero-order chi connectivity index (χ0) is 15.4. The predicted octanol–water partition coefficient (Wildman–Crippen LogP) is 4.24. The van der Waals surface area contributed by atoms with Crippen molar-refractivity contribution >= 4 is 17.4 Å². The van der Waals surface area contributed by atoms with Crippen LogP contribution in [0.2, 0.25) is 0 Å². The van der Waals surface area contributed by atoms with Crippen molar-refractivity contribution in [1.82, 2.24) is 0 Å². The number of nitrogens with zero attached hydrogens (tertiary/aromatic N) is 1. The van der Waals surface area contributed by atoms with Gasteiger partial charge in [0.1, 0.15) is 11.5 Å². The molecule has 0 saturated carbocycles. The van der Waals surface area contributed by atoms with E-state index < -0.39 is 4.92 Å². The Morgan fingerprint density at radius 2 is 1.90 bits per heavy atom. The van der Waals surface area contributed by atoms with Crippen molar-refractivity contribution in [2.75, 3.05) is 0 Å². The van der Waals surface area contributed by atoms with Crippen molar-refractivity contribution in [3.8, 4) is 11.5 Å². The number of phenolic OH excluding ortho intramolecular Hbond substituents is 1. The van der Waals surface area contributed by atoms with E-state index in [0.29, 0.717) is 15.5 Å². The van der Waals surface area contributed by atoms with Gasteiger partial charge in [0.2, 0.25) is 0 Å². The molecule has 0 amide bonds. The van der Waals surface area contributed by atoms with Crippen molar-refractivity contribution in [1.29, 1.82) is 0 Å². The van der Waals surface area contributed by atoms with Crippen LogP contribution >= 0.6 is 11.8 Å². The highest BCUT2D eigenvalue weighted by molar-refractivity contribution is 7.99. The van der Waals surface area contributed by atoms with Crippen LogP contribution in [0.15, 0.2) is 52.3 Å². The molecule has 0 atom stereocenters. The van der Waals surface area contributed by atoms with Crippen LogP contribution in [0.5, 0.6) is 11.5 Å². The maximum Gasteiger partial charge on any atom is 0.283 e. The average molecular weight is 305 g/mol. The first-order chi connectivity index (χ1) is 9.97.